The van der Waals surface area contributed by atoms with E-state index in [9.17, 15) is 32.8 Å². The van der Waals surface area contributed by atoms with Crippen LogP contribution in [0.15, 0.2) is 12.7 Å². The van der Waals surface area contributed by atoms with E-state index in [1.807, 2.05) is 27.7 Å². The van der Waals surface area contributed by atoms with Crippen LogP contribution in [0.1, 0.15) is 80.1 Å². The zero-order valence-corrected chi connectivity index (χ0v) is 32.7. The zero-order chi connectivity index (χ0) is 36.4. The van der Waals surface area contributed by atoms with Gasteiger partial charge >= 0.3 is 241 Å². The molecule has 5 N–H and O–H groups in total. The Hall–Kier alpha value is -1.86. The molecule has 0 aromatic carbocycles. The molecule has 2 heterocycles. The number of fused-ring (bicyclic) bond motifs is 1. The molecule has 0 bridgehead atoms. The number of hydrogen-bond acceptors (Lipinski definition) is 9. The molecule has 4 aliphatic rings. The van der Waals surface area contributed by atoms with Gasteiger partial charge in [0.1, 0.15) is 0 Å². The van der Waals surface area contributed by atoms with Crippen molar-refractivity contribution >= 4 is 33.6 Å². The molecule has 280 valence electrons. The molecule has 0 aromatic rings. The van der Waals surface area contributed by atoms with Crippen molar-refractivity contribution in [3.63, 3.8) is 0 Å². The number of amides is 5. The SMILES string of the molecule is C=CCN[NH+]([O-])C(=O)C(NC(=O)C1C2C(CN1C(=O)C(NC(=O)NC1(C3COCCS3(=O)=O)CCCCC1)C(C)(C)C)C2(C)C)[I-]CCC. The van der Waals surface area contributed by atoms with Gasteiger partial charge in [0.2, 0.25) is 0 Å². The van der Waals surface area contributed by atoms with Crippen LogP contribution in [-0.2, 0) is 29.0 Å². The van der Waals surface area contributed by atoms with Gasteiger partial charge in [-0.1, -0.05) is 19.3 Å². The molecule has 49 heavy (non-hydrogen) atoms. The van der Waals surface area contributed by atoms with E-state index in [-0.39, 0.29) is 42.8 Å². The third-order valence-corrected chi connectivity index (χ3v) is 16.3. The number of carbonyl (C=O) groups is 4. The number of urea groups is 1. The fourth-order valence-electron chi connectivity index (χ4n) is 7.82. The van der Waals surface area contributed by atoms with Crippen LogP contribution < -0.4 is 47.8 Å². The van der Waals surface area contributed by atoms with Gasteiger partial charge in [-0.2, -0.15) is 0 Å². The Morgan fingerprint density at radius 2 is 1.82 bits per heavy atom. The number of piperidine rings is 1. The van der Waals surface area contributed by atoms with Crippen LogP contribution in [0.3, 0.4) is 0 Å². The van der Waals surface area contributed by atoms with Crippen molar-refractivity contribution in [2.75, 3.05) is 36.5 Å². The first-order chi connectivity index (χ1) is 22.9. The number of carbonyl (C=O) groups excluding carboxylic acids is 4. The number of ether oxygens (including phenoxy) is 1. The van der Waals surface area contributed by atoms with Crippen molar-refractivity contribution in [3.8, 4) is 0 Å². The van der Waals surface area contributed by atoms with E-state index in [4.69, 9.17) is 4.74 Å². The van der Waals surface area contributed by atoms with Crippen LogP contribution in [0.4, 0.5) is 4.79 Å². The van der Waals surface area contributed by atoms with E-state index in [2.05, 4.69) is 41.8 Å². The molecular formula is C33H56IN6O8S-. The van der Waals surface area contributed by atoms with Gasteiger partial charge in [0.15, 0.2) is 9.84 Å². The van der Waals surface area contributed by atoms with Crippen LogP contribution >= 0.6 is 0 Å². The van der Waals surface area contributed by atoms with E-state index in [0.717, 1.165) is 30.1 Å². The molecule has 14 nitrogen and oxygen atoms in total. The fraction of sp³-hybridized carbons (Fsp3) is 0.818. The van der Waals surface area contributed by atoms with Gasteiger partial charge in [0, 0.05) is 0 Å². The summed E-state index contributed by atoms with van der Waals surface area (Å²) in [6.07, 6.45) is 5.70. The summed E-state index contributed by atoms with van der Waals surface area (Å²) in [6, 6.07) is -2.56. The van der Waals surface area contributed by atoms with Crippen molar-refractivity contribution in [1.82, 2.24) is 26.3 Å². The first kappa shape index (κ1) is 39.9. The fourth-order valence-corrected chi connectivity index (χ4v) is 12.2. The molecule has 7 atom stereocenters. The second-order valence-corrected chi connectivity index (χ2v) is 21.0. The molecule has 2 aliphatic heterocycles. The summed E-state index contributed by atoms with van der Waals surface area (Å²) in [5.41, 5.74) is 0.507. The number of alkyl halides is 2. The summed E-state index contributed by atoms with van der Waals surface area (Å²) in [7, 11) is -3.51. The van der Waals surface area contributed by atoms with Crippen molar-refractivity contribution in [1.29, 1.82) is 0 Å². The van der Waals surface area contributed by atoms with E-state index in [0.29, 0.717) is 19.4 Å². The maximum absolute atomic E-state index is 14.5. The number of sulfone groups is 1. The van der Waals surface area contributed by atoms with E-state index in [1.54, 1.807) is 0 Å². The Labute approximate surface area is 301 Å². The van der Waals surface area contributed by atoms with Crippen molar-refractivity contribution in [3.05, 3.63) is 17.9 Å². The van der Waals surface area contributed by atoms with Gasteiger partial charge in [0.25, 0.3) is 0 Å². The third-order valence-electron chi connectivity index (χ3n) is 10.7. The summed E-state index contributed by atoms with van der Waals surface area (Å²) < 4.78 is 31.7. The number of quaternary nitrogens is 1. The molecule has 16 heteroatoms. The van der Waals surface area contributed by atoms with Crippen LogP contribution in [0.5, 0.6) is 0 Å². The zero-order valence-electron chi connectivity index (χ0n) is 29.7. The average molecular weight is 824 g/mol. The molecule has 0 radical (unpaired) electrons. The standard InChI is InChI=1S/C33H56IN6O8S/c1-8-15-34-26(29(43)40(45)35-16-9-2)37-27(41)24-23-21(32(23,6)7)19-39(24)28(42)25(31(3,4)5)36-30(44)38-33(13-11-10-12-14-33)22-20-48-17-18-49(22,46)47/h9,21-26,35,40H,2,8,10-20H2,1,3-7H3,(H,37,41)(H2,36,38,44)/q-1. The van der Waals surface area contributed by atoms with Crippen LogP contribution in [0.2, 0.25) is 0 Å². The van der Waals surface area contributed by atoms with Crippen LogP contribution in [0, 0.1) is 27.9 Å². The van der Waals surface area contributed by atoms with Crippen molar-refractivity contribution < 1.29 is 58.7 Å². The Morgan fingerprint density at radius 1 is 1.14 bits per heavy atom. The number of nitrogens with one attached hydrogen (secondary N) is 5. The second-order valence-electron chi connectivity index (χ2n) is 15.5. The number of hydrogen-bond donors (Lipinski definition) is 5. The molecular weight excluding hydrogens is 767 g/mol. The molecule has 4 rings (SSSR count). The Balaban J connectivity index is 1.56. The molecule has 2 saturated carbocycles. The normalized spacial score (nSPS) is 28.8. The number of halogens is 1. The summed E-state index contributed by atoms with van der Waals surface area (Å²) >= 11 is -0.896. The predicted molar refractivity (Wildman–Crippen MR) is 180 cm³/mol. The summed E-state index contributed by atoms with van der Waals surface area (Å²) in [4.78, 5) is 57.0. The molecule has 4 fully saturated rings. The van der Waals surface area contributed by atoms with Crippen LogP contribution in [-0.4, -0.2) is 100 Å². The molecule has 5 amide bonds. The Kier molecular flexibility index (Phi) is 12.9. The summed E-state index contributed by atoms with van der Waals surface area (Å²) in [5.74, 6) is -1.80. The van der Waals surface area contributed by atoms with E-state index >= 15 is 0 Å². The van der Waals surface area contributed by atoms with Gasteiger partial charge in [-0.3, -0.25) is 0 Å². The van der Waals surface area contributed by atoms with Gasteiger partial charge in [0.05, 0.1) is 19.0 Å². The van der Waals surface area contributed by atoms with Gasteiger partial charge in [-0.25, -0.2) is 8.42 Å². The minimum atomic E-state index is -3.51. The molecule has 2 saturated heterocycles. The Bertz CT molecular complexity index is 1360. The Morgan fingerprint density at radius 3 is 2.41 bits per heavy atom. The number of rotatable bonds is 13. The van der Waals surface area contributed by atoms with E-state index in [1.165, 1.54) is 11.0 Å². The predicted octanol–water partition coefficient (Wildman–Crippen LogP) is -2.76. The van der Waals surface area contributed by atoms with Crippen molar-refractivity contribution in [2.45, 2.75) is 107 Å². The van der Waals surface area contributed by atoms with Gasteiger partial charge < -0.3 is 4.74 Å². The number of hydroxylamine groups is 1. The van der Waals surface area contributed by atoms with E-state index < -0.39 is 92.3 Å². The average Bonchev–Trinajstić information content (AvgIpc) is 3.33. The topological polar surface area (TPSA) is 191 Å². The first-order valence-corrected chi connectivity index (χ1v) is 21.9. The maximum atomic E-state index is 14.5. The molecule has 0 spiro atoms. The summed E-state index contributed by atoms with van der Waals surface area (Å²) in [5, 5.41) is 19.7. The van der Waals surface area contributed by atoms with Gasteiger partial charge in [-0.05, 0) is 0 Å². The monoisotopic (exact) mass is 823 g/mol. The van der Waals surface area contributed by atoms with Crippen LogP contribution in [0.25, 0.3) is 0 Å². The minimum absolute atomic E-state index is 0.00725. The quantitative estimate of drug-likeness (QED) is 0.0431. The van der Waals surface area contributed by atoms with Gasteiger partial charge in [-0.15, -0.1) is 0 Å². The molecule has 7 unspecified atom stereocenters. The molecule has 0 aromatic heterocycles. The number of likely N-dealkylation sites (tertiary alicyclic amines) is 1. The summed E-state index contributed by atoms with van der Waals surface area (Å²) in [6.45, 7) is 15.7. The number of nitrogens with zero attached hydrogens (tertiary/aromatic N) is 1. The first-order valence-electron chi connectivity index (χ1n) is 17.4. The van der Waals surface area contributed by atoms with Crippen molar-refractivity contribution in [2.24, 2.45) is 22.7 Å². The second kappa shape index (κ2) is 15.8. The third kappa shape index (κ3) is 8.79. The molecule has 2 aliphatic carbocycles.